The molecular weight excluding hydrogens is 403 g/mol. The summed E-state index contributed by atoms with van der Waals surface area (Å²) < 4.78 is 47.4. The van der Waals surface area contributed by atoms with E-state index in [2.05, 4.69) is 47.7 Å². The molecule has 2 heterocycles. The maximum Gasteiger partial charge on any atom is 0.573 e. The molecule has 0 unspecified atom stereocenters. The molecule has 0 bridgehead atoms. The first-order valence-electron chi connectivity index (χ1n) is 6.72. The first-order valence-corrected chi connectivity index (χ1v) is 7.51. The van der Waals surface area contributed by atoms with E-state index in [1.165, 1.54) is 12.1 Å². The minimum Gasteiger partial charge on any atom is -0.410 e. The molecule has 0 aliphatic rings. The summed E-state index contributed by atoms with van der Waals surface area (Å²) >= 11 is 3.18. The van der Waals surface area contributed by atoms with Crippen molar-refractivity contribution in [1.29, 1.82) is 0 Å². The molecule has 0 saturated carbocycles. The Balaban J connectivity index is 1.92. The quantitative estimate of drug-likeness (QED) is 0.593. The van der Waals surface area contributed by atoms with Crippen molar-refractivity contribution in [3.8, 4) is 29.0 Å². The zero-order valence-electron chi connectivity index (χ0n) is 12.2. The second-order valence-corrected chi connectivity index (χ2v) is 5.51. The van der Waals surface area contributed by atoms with Gasteiger partial charge in [-0.3, -0.25) is 4.98 Å². The van der Waals surface area contributed by atoms with Crippen LogP contribution in [-0.2, 0) is 0 Å². The summed E-state index contributed by atoms with van der Waals surface area (Å²) in [5.41, 5.74) is 0.624. The highest BCUT2D eigenvalue weighted by atomic mass is 79.9. The van der Waals surface area contributed by atoms with Crippen molar-refractivity contribution >= 4 is 15.9 Å². The summed E-state index contributed by atoms with van der Waals surface area (Å²) in [4.78, 5) is 3.91. The van der Waals surface area contributed by atoms with Gasteiger partial charge in [0.1, 0.15) is 5.75 Å². The van der Waals surface area contributed by atoms with Crippen molar-refractivity contribution < 1.29 is 22.3 Å². The van der Waals surface area contributed by atoms with Crippen LogP contribution in [0.3, 0.4) is 0 Å². The van der Waals surface area contributed by atoms with Crippen molar-refractivity contribution in [3.63, 3.8) is 0 Å². The maximum atomic E-state index is 12.5. The fraction of sp³-hybridized carbons (Fsp3) is 0.0625. The van der Waals surface area contributed by atoms with E-state index < -0.39 is 12.1 Å². The summed E-state index contributed by atoms with van der Waals surface area (Å²) in [6, 6.07) is 7.39. The van der Waals surface area contributed by atoms with Gasteiger partial charge in [-0.1, -0.05) is 26.9 Å². The van der Waals surface area contributed by atoms with Gasteiger partial charge in [-0.25, -0.2) is 0 Å². The van der Waals surface area contributed by atoms with Gasteiger partial charge < -0.3 is 9.15 Å². The molecule has 0 atom stereocenters. The number of benzene rings is 1. The second kappa shape index (κ2) is 6.94. The van der Waals surface area contributed by atoms with Crippen LogP contribution in [-0.4, -0.2) is 21.5 Å². The second-order valence-electron chi connectivity index (χ2n) is 4.59. The van der Waals surface area contributed by atoms with Crippen LogP contribution in [0.5, 0.6) is 5.75 Å². The average molecular weight is 410 g/mol. The van der Waals surface area contributed by atoms with Crippen LogP contribution in [0.15, 0.2) is 51.6 Å². The van der Waals surface area contributed by atoms with Crippen LogP contribution in [0.1, 0.15) is 11.5 Å². The Bertz CT molecular complexity index is 946. The Labute approximate surface area is 148 Å². The van der Waals surface area contributed by atoms with Crippen LogP contribution in [0.25, 0.3) is 11.5 Å². The fourth-order valence-electron chi connectivity index (χ4n) is 1.83. The summed E-state index contributed by atoms with van der Waals surface area (Å²) in [5, 5.41) is 7.44. The predicted molar refractivity (Wildman–Crippen MR) is 84.3 cm³/mol. The first-order chi connectivity index (χ1) is 11.9. The van der Waals surface area contributed by atoms with E-state index in [1.54, 1.807) is 24.5 Å². The summed E-state index contributed by atoms with van der Waals surface area (Å²) in [5.74, 6) is 4.75. The van der Waals surface area contributed by atoms with Crippen molar-refractivity contribution in [2.24, 2.45) is 0 Å². The highest BCUT2D eigenvalue weighted by Gasteiger charge is 2.33. The van der Waals surface area contributed by atoms with E-state index in [-0.39, 0.29) is 17.3 Å². The Morgan fingerprint density at radius 3 is 2.68 bits per heavy atom. The highest BCUT2D eigenvalue weighted by Crippen LogP contribution is 2.35. The molecule has 0 spiro atoms. The summed E-state index contributed by atoms with van der Waals surface area (Å²) in [6.07, 6.45) is -1.69. The van der Waals surface area contributed by atoms with Crippen molar-refractivity contribution in [1.82, 2.24) is 15.2 Å². The lowest BCUT2D eigenvalue weighted by Crippen LogP contribution is -2.17. The monoisotopic (exact) mass is 409 g/mol. The number of pyridine rings is 1. The molecule has 3 rings (SSSR count). The number of halogens is 4. The van der Waals surface area contributed by atoms with Gasteiger partial charge >= 0.3 is 6.36 Å². The van der Waals surface area contributed by atoms with Gasteiger partial charge in [-0.05, 0) is 36.3 Å². The number of nitrogens with zero attached hydrogens (tertiary/aromatic N) is 3. The molecule has 0 aliphatic carbocycles. The lowest BCUT2D eigenvalue weighted by Gasteiger charge is -2.11. The van der Waals surface area contributed by atoms with Gasteiger partial charge in [0, 0.05) is 22.4 Å². The van der Waals surface area contributed by atoms with Gasteiger partial charge in [-0.15, -0.1) is 18.3 Å². The van der Waals surface area contributed by atoms with Gasteiger partial charge in [-0.2, -0.15) is 0 Å². The SMILES string of the molecule is FC(F)(F)Oc1ccc(Br)cc1-c1nnc(C#Cc2cccnc2)o1. The molecule has 0 aliphatic heterocycles. The van der Waals surface area contributed by atoms with E-state index in [1.807, 2.05) is 0 Å². The smallest absolute Gasteiger partial charge is 0.410 e. The lowest BCUT2D eigenvalue weighted by molar-refractivity contribution is -0.274. The third kappa shape index (κ3) is 4.58. The number of aromatic nitrogens is 3. The third-order valence-corrected chi connectivity index (χ3v) is 3.29. The number of alkyl halides is 3. The van der Waals surface area contributed by atoms with Gasteiger partial charge in [0.15, 0.2) is 0 Å². The molecule has 5 nitrogen and oxygen atoms in total. The largest absolute Gasteiger partial charge is 0.573 e. The third-order valence-electron chi connectivity index (χ3n) is 2.80. The number of hydrogen-bond acceptors (Lipinski definition) is 5. The number of hydrogen-bond donors (Lipinski definition) is 0. The number of rotatable bonds is 2. The van der Waals surface area contributed by atoms with Gasteiger partial charge in [0.2, 0.25) is 0 Å². The Morgan fingerprint density at radius 2 is 1.96 bits per heavy atom. The van der Waals surface area contributed by atoms with E-state index in [4.69, 9.17) is 4.42 Å². The summed E-state index contributed by atoms with van der Waals surface area (Å²) in [6.45, 7) is 0. The molecule has 25 heavy (non-hydrogen) atoms. The molecule has 9 heteroatoms. The van der Waals surface area contributed by atoms with Crippen molar-refractivity contribution in [2.75, 3.05) is 0 Å². The van der Waals surface area contributed by atoms with Crippen LogP contribution < -0.4 is 4.74 Å². The van der Waals surface area contributed by atoms with E-state index in [0.29, 0.717) is 10.0 Å². The minimum absolute atomic E-state index is 0.00590. The van der Waals surface area contributed by atoms with Crippen LogP contribution in [0.4, 0.5) is 13.2 Å². The van der Waals surface area contributed by atoms with E-state index in [9.17, 15) is 13.2 Å². The lowest BCUT2D eigenvalue weighted by atomic mass is 10.2. The van der Waals surface area contributed by atoms with Gasteiger partial charge in [0.25, 0.3) is 11.8 Å². The fourth-order valence-corrected chi connectivity index (χ4v) is 2.19. The minimum atomic E-state index is -4.84. The highest BCUT2D eigenvalue weighted by molar-refractivity contribution is 9.10. The van der Waals surface area contributed by atoms with Crippen molar-refractivity contribution in [2.45, 2.75) is 6.36 Å². The van der Waals surface area contributed by atoms with Crippen molar-refractivity contribution in [3.05, 3.63) is 58.7 Å². The Kier molecular flexibility index (Phi) is 4.72. The normalized spacial score (nSPS) is 10.9. The molecule has 0 amide bonds. The van der Waals surface area contributed by atoms with Gasteiger partial charge in [0.05, 0.1) is 5.56 Å². The van der Waals surface area contributed by atoms with Crippen LogP contribution in [0.2, 0.25) is 0 Å². The zero-order valence-corrected chi connectivity index (χ0v) is 13.8. The van der Waals surface area contributed by atoms with Crippen LogP contribution in [0, 0.1) is 11.8 Å². The zero-order chi connectivity index (χ0) is 17.9. The average Bonchev–Trinajstić information content (AvgIpc) is 3.03. The molecule has 0 N–H and O–H groups in total. The standard InChI is InChI=1S/C16H7BrF3N3O2/c17-11-4-5-13(25-16(18,19)20)12(8-11)15-23-22-14(24-15)6-3-10-2-1-7-21-9-10/h1-2,4-5,7-9H. The molecule has 0 fully saturated rings. The topological polar surface area (TPSA) is 61.0 Å². The maximum absolute atomic E-state index is 12.5. The van der Waals surface area contributed by atoms with E-state index >= 15 is 0 Å². The summed E-state index contributed by atoms with van der Waals surface area (Å²) in [7, 11) is 0. The first kappa shape index (κ1) is 17.0. The predicted octanol–water partition coefficient (Wildman–Crippen LogP) is 4.19. The molecule has 1 aromatic carbocycles. The Hall–Kier alpha value is -2.86. The molecule has 0 radical (unpaired) electrons. The van der Waals surface area contributed by atoms with E-state index in [0.717, 1.165) is 6.07 Å². The molecule has 0 saturated heterocycles. The molecular formula is C16H7BrF3N3O2. The molecule has 2 aromatic heterocycles. The van der Waals surface area contributed by atoms with Crippen LogP contribution >= 0.6 is 15.9 Å². The Morgan fingerprint density at radius 1 is 1.12 bits per heavy atom. The molecule has 126 valence electrons. The molecule has 3 aromatic rings. The number of ether oxygens (including phenoxy) is 1.